The van der Waals surface area contributed by atoms with Crippen LogP contribution in [-0.4, -0.2) is 12.2 Å². The molecule has 0 aliphatic heterocycles. The molecule has 0 saturated carbocycles. The van der Waals surface area contributed by atoms with Crippen LogP contribution in [0.4, 0.5) is 4.79 Å². The van der Waals surface area contributed by atoms with E-state index in [0.29, 0.717) is 5.75 Å². The summed E-state index contributed by atoms with van der Waals surface area (Å²) in [4.78, 5) is 11.0. The van der Waals surface area contributed by atoms with Gasteiger partial charge in [-0.15, -0.1) is 0 Å². The van der Waals surface area contributed by atoms with Gasteiger partial charge in [0.1, 0.15) is 5.75 Å². The second-order valence-electron chi connectivity index (χ2n) is 2.57. The fourth-order valence-corrected chi connectivity index (χ4v) is 1.15. The lowest BCUT2D eigenvalue weighted by molar-refractivity contribution is 0.115. The van der Waals surface area contributed by atoms with Crippen LogP contribution >= 0.6 is 11.6 Å². The van der Waals surface area contributed by atoms with Crippen molar-refractivity contribution in [1.82, 2.24) is 0 Å². The van der Waals surface area contributed by atoms with Crippen molar-refractivity contribution in [2.75, 3.05) is 6.07 Å². The molecular weight excluding hydrogens is 204 g/mol. The van der Waals surface area contributed by atoms with Crippen molar-refractivity contribution in [3.8, 4) is 5.75 Å². The lowest BCUT2D eigenvalue weighted by Crippen LogP contribution is -2.10. The summed E-state index contributed by atoms with van der Waals surface area (Å²) in [7, 11) is 0. The number of carbonyl (C=O) groups is 1. The second-order valence-corrected chi connectivity index (χ2v) is 2.79. The van der Waals surface area contributed by atoms with Crippen molar-refractivity contribution < 1.29 is 14.3 Å². The molecule has 0 aliphatic rings. The molecule has 0 amide bonds. The molecule has 14 heavy (non-hydrogen) atoms. The zero-order valence-corrected chi connectivity index (χ0v) is 8.58. The zero-order valence-electron chi connectivity index (χ0n) is 7.83. The molecule has 3 nitrogen and oxygen atoms in total. The molecule has 0 heterocycles. The van der Waals surface area contributed by atoms with Gasteiger partial charge in [0.05, 0.1) is 0 Å². The van der Waals surface area contributed by atoms with Crippen LogP contribution in [0.2, 0.25) is 0 Å². The number of hydrogen-bond acceptors (Lipinski definition) is 3. The average Bonchev–Trinajstić information content (AvgIpc) is 2.19. The first-order chi connectivity index (χ1) is 6.77. The second kappa shape index (κ2) is 5.50. The van der Waals surface area contributed by atoms with Crippen molar-refractivity contribution in [2.45, 2.75) is 13.3 Å². The average molecular weight is 215 g/mol. The molecule has 0 saturated heterocycles. The predicted molar refractivity (Wildman–Crippen MR) is 53.6 cm³/mol. The Morgan fingerprint density at radius 3 is 2.79 bits per heavy atom. The summed E-state index contributed by atoms with van der Waals surface area (Å²) >= 11 is 5.21. The van der Waals surface area contributed by atoms with Gasteiger partial charge in [-0.1, -0.05) is 36.7 Å². The Labute approximate surface area is 87.6 Å². The lowest BCUT2D eigenvalue weighted by atomic mass is 10.1. The van der Waals surface area contributed by atoms with Gasteiger partial charge in [-0.2, -0.15) is 0 Å². The Bertz CT molecular complexity index is 312. The topological polar surface area (TPSA) is 35.5 Å². The van der Waals surface area contributed by atoms with Gasteiger partial charge in [-0.25, -0.2) is 4.79 Å². The minimum atomic E-state index is -0.777. The van der Waals surface area contributed by atoms with Gasteiger partial charge in [-0.05, 0) is 18.1 Å². The molecule has 0 radical (unpaired) electrons. The summed E-state index contributed by atoms with van der Waals surface area (Å²) in [6, 6.07) is 7.09. The van der Waals surface area contributed by atoms with E-state index < -0.39 is 6.16 Å². The maximum Gasteiger partial charge on any atom is 0.515 e. The van der Waals surface area contributed by atoms with Gasteiger partial charge >= 0.3 is 6.16 Å². The number of alkyl halides is 1. The summed E-state index contributed by atoms with van der Waals surface area (Å²) in [5.74, 6) is 0.519. The molecule has 0 bridgehead atoms. The summed E-state index contributed by atoms with van der Waals surface area (Å²) in [5, 5.41) is 0. The molecular formula is C10H11ClO3. The normalized spacial score (nSPS) is 9.57. The van der Waals surface area contributed by atoms with Crippen LogP contribution in [0.5, 0.6) is 5.75 Å². The van der Waals surface area contributed by atoms with Crippen molar-refractivity contribution in [1.29, 1.82) is 0 Å². The van der Waals surface area contributed by atoms with E-state index in [1.54, 1.807) is 12.1 Å². The Morgan fingerprint density at radius 1 is 1.43 bits per heavy atom. The number of benzene rings is 1. The molecule has 0 N–H and O–H groups in total. The van der Waals surface area contributed by atoms with E-state index in [0.717, 1.165) is 12.0 Å². The quantitative estimate of drug-likeness (QED) is 0.441. The molecule has 1 rings (SSSR count). The van der Waals surface area contributed by atoms with Gasteiger partial charge in [0.2, 0.25) is 0 Å². The van der Waals surface area contributed by atoms with Crippen LogP contribution in [-0.2, 0) is 11.2 Å². The van der Waals surface area contributed by atoms with Gasteiger partial charge in [0.15, 0.2) is 6.07 Å². The van der Waals surface area contributed by atoms with E-state index >= 15 is 0 Å². The van der Waals surface area contributed by atoms with Crippen LogP contribution in [0.1, 0.15) is 12.5 Å². The van der Waals surface area contributed by atoms with Crippen LogP contribution in [0, 0.1) is 0 Å². The number of rotatable bonds is 3. The highest BCUT2D eigenvalue weighted by molar-refractivity contribution is 6.17. The molecule has 0 unspecified atom stereocenters. The van der Waals surface area contributed by atoms with Crippen molar-refractivity contribution in [2.24, 2.45) is 0 Å². The SMILES string of the molecule is CCc1ccccc1OC(=O)OCCl. The Morgan fingerprint density at radius 2 is 2.14 bits per heavy atom. The van der Waals surface area contributed by atoms with E-state index in [-0.39, 0.29) is 6.07 Å². The van der Waals surface area contributed by atoms with Gasteiger partial charge < -0.3 is 9.47 Å². The number of carbonyl (C=O) groups excluding carboxylic acids is 1. The largest absolute Gasteiger partial charge is 0.515 e. The molecule has 0 aliphatic carbocycles. The molecule has 0 spiro atoms. The minimum Gasteiger partial charge on any atom is -0.418 e. The fourth-order valence-electron chi connectivity index (χ4n) is 1.06. The highest BCUT2D eigenvalue weighted by Crippen LogP contribution is 2.18. The summed E-state index contributed by atoms with van der Waals surface area (Å²) < 4.78 is 9.38. The number of ether oxygens (including phenoxy) is 2. The highest BCUT2D eigenvalue weighted by atomic mass is 35.5. The standard InChI is InChI=1S/C10H11ClO3/c1-2-8-5-3-4-6-9(8)14-10(12)13-7-11/h3-6H,2,7H2,1H3. The van der Waals surface area contributed by atoms with E-state index in [1.807, 2.05) is 19.1 Å². The minimum absolute atomic E-state index is 0.201. The highest BCUT2D eigenvalue weighted by Gasteiger charge is 2.07. The monoisotopic (exact) mass is 214 g/mol. The smallest absolute Gasteiger partial charge is 0.418 e. The number of para-hydroxylation sites is 1. The summed E-state index contributed by atoms with van der Waals surface area (Å²) in [6.45, 7) is 1.98. The third kappa shape index (κ3) is 2.92. The number of hydrogen-bond donors (Lipinski definition) is 0. The maximum atomic E-state index is 11.0. The maximum absolute atomic E-state index is 11.0. The third-order valence-electron chi connectivity index (χ3n) is 1.72. The van der Waals surface area contributed by atoms with Crippen LogP contribution in [0.25, 0.3) is 0 Å². The molecule has 4 heteroatoms. The van der Waals surface area contributed by atoms with Crippen molar-refractivity contribution >= 4 is 17.8 Å². The summed E-state index contributed by atoms with van der Waals surface area (Å²) in [6.07, 6.45) is 0.0190. The third-order valence-corrected chi connectivity index (χ3v) is 1.83. The van der Waals surface area contributed by atoms with Crippen LogP contribution in [0.15, 0.2) is 24.3 Å². The lowest BCUT2D eigenvalue weighted by Gasteiger charge is -2.07. The molecule has 0 fully saturated rings. The van der Waals surface area contributed by atoms with E-state index in [9.17, 15) is 4.79 Å². The molecule has 1 aromatic carbocycles. The van der Waals surface area contributed by atoms with Crippen molar-refractivity contribution in [3.63, 3.8) is 0 Å². The molecule has 1 aromatic rings. The number of aryl methyl sites for hydroxylation is 1. The van der Waals surface area contributed by atoms with E-state index in [2.05, 4.69) is 4.74 Å². The molecule has 0 atom stereocenters. The van der Waals surface area contributed by atoms with Gasteiger partial charge in [0.25, 0.3) is 0 Å². The van der Waals surface area contributed by atoms with E-state index in [4.69, 9.17) is 16.3 Å². The molecule has 0 aromatic heterocycles. The first-order valence-electron chi connectivity index (χ1n) is 4.26. The van der Waals surface area contributed by atoms with Gasteiger partial charge in [0, 0.05) is 0 Å². The zero-order chi connectivity index (χ0) is 10.4. The van der Waals surface area contributed by atoms with E-state index in [1.165, 1.54) is 0 Å². The number of halogens is 1. The van der Waals surface area contributed by atoms with Crippen LogP contribution < -0.4 is 4.74 Å². The fraction of sp³-hybridized carbons (Fsp3) is 0.300. The first kappa shape index (κ1) is 10.9. The van der Waals surface area contributed by atoms with Gasteiger partial charge in [-0.3, -0.25) is 0 Å². The summed E-state index contributed by atoms with van der Waals surface area (Å²) in [5.41, 5.74) is 0.957. The first-order valence-corrected chi connectivity index (χ1v) is 4.79. The Balaban J connectivity index is 2.70. The Kier molecular flexibility index (Phi) is 4.26. The predicted octanol–water partition coefficient (Wildman–Crippen LogP) is 2.96. The molecule has 76 valence electrons. The van der Waals surface area contributed by atoms with Crippen LogP contribution in [0.3, 0.4) is 0 Å². The van der Waals surface area contributed by atoms with Crippen molar-refractivity contribution in [3.05, 3.63) is 29.8 Å². The Hall–Kier alpha value is -1.22.